The summed E-state index contributed by atoms with van der Waals surface area (Å²) in [5.41, 5.74) is 0. The normalized spacial score (nSPS) is 30.9. The summed E-state index contributed by atoms with van der Waals surface area (Å²) < 4.78 is 17.9. The van der Waals surface area contributed by atoms with Crippen molar-refractivity contribution in [1.29, 1.82) is 0 Å². The molecule has 3 nitrogen and oxygen atoms in total. The molecule has 2 rings (SSSR count). The minimum atomic E-state index is -0.307. The molecular formula is C12H20FNO2. The van der Waals surface area contributed by atoms with Gasteiger partial charge in [-0.3, -0.25) is 9.18 Å². The predicted octanol–water partition coefficient (Wildman–Crippen LogP) is 1.48. The SMILES string of the molecule is CC(C)[C@H]1OCC[C@@H]1C(=O)N1CC(CF)C1. The summed E-state index contributed by atoms with van der Waals surface area (Å²) >= 11 is 0. The van der Waals surface area contributed by atoms with Crippen molar-refractivity contribution in [2.75, 3.05) is 26.4 Å². The Hall–Kier alpha value is -0.640. The minimum absolute atomic E-state index is 0.000520. The molecule has 0 aliphatic carbocycles. The molecule has 0 spiro atoms. The molecular weight excluding hydrogens is 209 g/mol. The summed E-state index contributed by atoms with van der Waals surface area (Å²) in [5.74, 6) is 0.611. The third-order valence-corrected chi connectivity index (χ3v) is 3.60. The maximum Gasteiger partial charge on any atom is 0.228 e. The van der Waals surface area contributed by atoms with E-state index in [-0.39, 0.29) is 30.5 Å². The van der Waals surface area contributed by atoms with Gasteiger partial charge < -0.3 is 9.64 Å². The lowest BCUT2D eigenvalue weighted by molar-refractivity contribution is -0.145. The Morgan fingerprint density at radius 3 is 2.75 bits per heavy atom. The molecule has 2 aliphatic rings. The van der Waals surface area contributed by atoms with Gasteiger partial charge in [0.05, 0.1) is 18.7 Å². The number of rotatable bonds is 3. The summed E-state index contributed by atoms with van der Waals surface area (Å²) in [6, 6.07) is 0. The molecule has 0 saturated carbocycles. The first-order valence-electron chi connectivity index (χ1n) is 6.09. The number of nitrogens with zero attached hydrogens (tertiary/aromatic N) is 1. The van der Waals surface area contributed by atoms with Gasteiger partial charge in [-0.1, -0.05) is 13.8 Å². The zero-order valence-electron chi connectivity index (χ0n) is 9.99. The van der Waals surface area contributed by atoms with E-state index in [1.54, 1.807) is 4.90 Å². The Labute approximate surface area is 95.9 Å². The zero-order chi connectivity index (χ0) is 11.7. The van der Waals surface area contributed by atoms with Crippen molar-refractivity contribution in [1.82, 2.24) is 4.90 Å². The lowest BCUT2D eigenvalue weighted by atomic mass is 9.89. The molecule has 0 aromatic carbocycles. The maximum atomic E-state index is 12.3. The van der Waals surface area contributed by atoms with Crippen LogP contribution in [0, 0.1) is 17.8 Å². The van der Waals surface area contributed by atoms with E-state index in [2.05, 4.69) is 13.8 Å². The molecule has 2 saturated heterocycles. The van der Waals surface area contributed by atoms with Crippen LogP contribution in [0.4, 0.5) is 4.39 Å². The Bertz CT molecular complexity index is 264. The highest BCUT2D eigenvalue weighted by Crippen LogP contribution is 2.30. The van der Waals surface area contributed by atoms with Gasteiger partial charge in [0.1, 0.15) is 0 Å². The standard InChI is InChI=1S/C12H20FNO2/c1-8(2)11-10(3-4-16-11)12(15)14-6-9(5-13)7-14/h8-11H,3-7H2,1-2H3/t10-,11+/m0/s1. The van der Waals surface area contributed by atoms with Crippen molar-refractivity contribution in [2.24, 2.45) is 17.8 Å². The number of ether oxygens (including phenoxy) is 1. The Morgan fingerprint density at radius 2 is 2.19 bits per heavy atom. The average Bonchev–Trinajstić information content (AvgIpc) is 2.63. The monoisotopic (exact) mass is 229 g/mol. The predicted molar refractivity (Wildman–Crippen MR) is 58.7 cm³/mol. The lowest BCUT2D eigenvalue weighted by Crippen LogP contribution is -2.54. The van der Waals surface area contributed by atoms with Crippen LogP contribution in [-0.2, 0) is 9.53 Å². The van der Waals surface area contributed by atoms with E-state index in [1.165, 1.54) is 0 Å². The van der Waals surface area contributed by atoms with Gasteiger partial charge in [0.25, 0.3) is 0 Å². The van der Waals surface area contributed by atoms with Gasteiger partial charge in [0.2, 0.25) is 5.91 Å². The van der Waals surface area contributed by atoms with E-state index >= 15 is 0 Å². The first-order chi connectivity index (χ1) is 7.63. The molecule has 2 fully saturated rings. The van der Waals surface area contributed by atoms with E-state index in [0.717, 1.165) is 6.42 Å². The third kappa shape index (κ3) is 2.08. The molecule has 2 atom stereocenters. The van der Waals surface area contributed by atoms with Gasteiger partial charge in [-0.2, -0.15) is 0 Å². The number of alkyl halides is 1. The number of halogens is 1. The van der Waals surface area contributed by atoms with Crippen LogP contribution in [0.5, 0.6) is 0 Å². The molecule has 4 heteroatoms. The highest BCUT2D eigenvalue weighted by molar-refractivity contribution is 5.80. The van der Waals surface area contributed by atoms with Crippen molar-refractivity contribution in [3.05, 3.63) is 0 Å². The fourth-order valence-corrected chi connectivity index (χ4v) is 2.61. The molecule has 0 aromatic rings. The molecule has 0 aromatic heterocycles. The summed E-state index contributed by atoms with van der Waals surface area (Å²) in [6.45, 7) is 5.72. The molecule has 0 N–H and O–H groups in total. The minimum Gasteiger partial charge on any atom is -0.377 e. The second-order valence-corrected chi connectivity index (χ2v) is 5.24. The number of amides is 1. The zero-order valence-corrected chi connectivity index (χ0v) is 9.99. The highest BCUT2D eigenvalue weighted by Gasteiger charge is 2.41. The van der Waals surface area contributed by atoms with Crippen LogP contribution in [-0.4, -0.2) is 43.3 Å². The summed E-state index contributed by atoms with van der Waals surface area (Å²) in [5, 5.41) is 0. The summed E-state index contributed by atoms with van der Waals surface area (Å²) in [6.07, 6.45) is 0.871. The molecule has 16 heavy (non-hydrogen) atoms. The fraction of sp³-hybridized carbons (Fsp3) is 0.917. The van der Waals surface area contributed by atoms with Gasteiger partial charge >= 0.3 is 0 Å². The van der Waals surface area contributed by atoms with Crippen LogP contribution in [0.1, 0.15) is 20.3 Å². The van der Waals surface area contributed by atoms with Crippen molar-refractivity contribution in [3.8, 4) is 0 Å². The van der Waals surface area contributed by atoms with E-state index in [0.29, 0.717) is 25.6 Å². The number of hydrogen-bond donors (Lipinski definition) is 0. The van der Waals surface area contributed by atoms with E-state index in [9.17, 15) is 9.18 Å². The smallest absolute Gasteiger partial charge is 0.228 e. The molecule has 0 bridgehead atoms. The topological polar surface area (TPSA) is 29.5 Å². The van der Waals surface area contributed by atoms with Gasteiger partial charge in [0, 0.05) is 25.6 Å². The Kier molecular flexibility index (Phi) is 3.47. The van der Waals surface area contributed by atoms with Crippen LogP contribution in [0.3, 0.4) is 0 Å². The molecule has 2 aliphatic heterocycles. The van der Waals surface area contributed by atoms with Crippen molar-refractivity contribution < 1.29 is 13.9 Å². The van der Waals surface area contributed by atoms with Crippen molar-refractivity contribution in [3.63, 3.8) is 0 Å². The number of carbonyl (C=O) groups excluding carboxylic acids is 1. The highest BCUT2D eigenvalue weighted by atomic mass is 19.1. The molecule has 1 amide bonds. The van der Waals surface area contributed by atoms with Gasteiger partial charge in [-0.15, -0.1) is 0 Å². The maximum absolute atomic E-state index is 12.3. The largest absolute Gasteiger partial charge is 0.377 e. The molecule has 2 heterocycles. The van der Waals surface area contributed by atoms with Crippen LogP contribution < -0.4 is 0 Å². The second-order valence-electron chi connectivity index (χ2n) is 5.24. The van der Waals surface area contributed by atoms with Crippen molar-refractivity contribution >= 4 is 5.91 Å². The quantitative estimate of drug-likeness (QED) is 0.733. The van der Waals surface area contributed by atoms with Gasteiger partial charge in [0.15, 0.2) is 0 Å². The first kappa shape index (κ1) is 11.8. The van der Waals surface area contributed by atoms with Crippen LogP contribution in [0.15, 0.2) is 0 Å². The Morgan fingerprint density at radius 1 is 1.50 bits per heavy atom. The molecule has 0 radical (unpaired) electrons. The first-order valence-corrected chi connectivity index (χ1v) is 6.09. The fourth-order valence-electron chi connectivity index (χ4n) is 2.61. The van der Waals surface area contributed by atoms with Crippen LogP contribution in [0.2, 0.25) is 0 Å². The average molecular weight is 229 g/mol. The number of carbonyl (C=O) groups is 1. The van der Waals surface area contributed by atoms with E-state index in [1.807, 2.05) is 0 Å². The lowest BCUT2D eigenvalue weighted by Gasteiger charge is -2.40. The van der Waals surface area contributed by atoms with E-state index < -0.39 is 0 Å². The Balaban J connectivity index is 1.90. The third-order valence-electron chi connectivity index (χ3n) is 3.60. The van der Waals surface area contributed by atoms with E-state index in [4.69, 9.17) is 4.74 Å². The summed E-state index contributed by atoms with van der Waals surface area (Å²) in [4.78, 5) is 13.9. The number of likely N-dealkylation sites (tertiary alicyclic amines) is 1. The summed E-state index contributed by atoms with van der Waals surface area (Å²) in [7, 11) is 0. The van der Waals surface area contributed by atoms with Crippen LogP contribution >= 0.6 is 0 Å². The van der Waals surface area contributed by atoms with Crippen molar-refractivity contribution in [2.45, 2.75) is 26.4 Å². The van der Waals surface area contributed by atoms with Gasteiger partial charge in [-0.25, -0.2) is 0 Å². The molecule has 92 valence electrons. The van der Waals surface area contributed by atoms with Crippen LogP contribution in [0.25, 0.3) is 0 Å². The molecule has 0 unspecified atom stereocenters. The van der Waals surface area contributed by atoms with Gasteiger partial charge in [-0.05, 0) is 12.3 Å². The second kappa shape index (κ2) is 4.70. The number of hydrogen-bond acceptors (Lipinski definition) is 2.